The molecule has 0 radical (unpaired) electrons. The Kier molecular flexibility index (Phi) is 3.32. The molecule has 1 aliphatic rings. The second-order valence-electron chi connectivity index (χ2n) is 6.61. The van der Waals surface area contributed by atoms with E-state index in [9.17, 15) is 0 Å². The van der Waals surface area contributed by atoms with Gasteiger partial charge in [0.25, 0.3) is 0 Å². The van der Waals surface area contributed by atoms with E-state index in [0.717, 1.165) is 29.1 Å². The number of nitrogens with zero attached hydrogens (tertiary/aromatic N) is 4. The van der Waals surface area contributed by atoms with Crippen molar-refractivity contribution in [1.82, 2.24) is 19.3 Å². The molecule has 2 aromatic heterocycles. The molecule has 1 fully saturated rings. The molecule has 0 amide bonds. The predicted molar refractivity (Wildman–Crippen MR) is 82.3 cm³/mol. The van der Waals surface area contributed by atoms with Crippen molar-refractivity contribution in [1.29, 1.82) is 0 Å². The lowest BCUT2D eigenvalue weighted by molar-refractivity contribution is 0.259. The molecule has 1 aliphatic carbocycles. The molecule has 110 valence electrons. The van der Waals surface area contributed by atoms with Crippen molar-refractivity contribution in [3.05, 3.63) is 11.5 Å². The summed E-state index contributed by atoms with van der Waals surface area (Å²) >= 11 is 5.98. The highest BCUT2D eigenvalue weighted by atomic mass is 35.5. The maximum Gasteiger partial charge on any atom is 0.158 e. The van der Waals surface area contributed by atoms with E-state index < -0.39 is 0 Å². The Hall–Kier alpha value is -1.03. The van der Waals surface area contributed by atoms with Gasteiger partial charge < -0.3 is 4.57 Å². The molecule has 0 spiro atoms. The van der Waals surface area contributed by atoms with Crippen LogP contribution in [0, 0.1) is 12.3 Å². The molecular weight excluding hydrogens is 272 g/mol. The molecule has 1 unspecified atom stereocenters. The van der Waals surface area contributed by atoms with E-state index in [0.29, 0.717) is 17.3 Å². The van der Waals surface area contributed by atoms with Gasteiger partial charge in [0.05, 0.1) is 5.69 Å². The van der Waals surface area contributed by atoms with Gasteiger partial charge in [-0.05, 0) is 25.2 Å². The summed E-state index contributed by atoms with van der Waals surface area (Å²) in [4.78, 5) is 4.83. The number of hydrogen-bond acceptors (Lipinski definition) is 2. The van der Waals surface area contributed by atoms with Gasteiger partial charge in [0.2, 0.25) is 0 Å². The van der Waals surface area contributed by atoms with Gasteiger partial charge in [-0.15, -0.1) is 11.6 Å². The van der Waals surface area contributed by atoms with Gasteiger partial charge in [0.15, 0.2) is 5.65 Å². The molecule has 2 heterocycles. The average Bonchev–Trinajstić information content (AvgIpc) is 2.96. The summed E-state index contributed by atoms with van der Waals surface area (Å²) in [7, 11) is 2.01. The van der Waals surface area contributed by atoms with Crippen molar-refractivity contribution in [3.8, 4) is 0 Å². The molecule has 0 bridgehead atoms. The monoisotopic (exact) mass is 294 g/mol. The third-order valence-corrected chi connectivity index (χ3v) is 4.93. The Balaban J connectivity index is 2.23. The van der Waals surface area contributed by atoms with Crippen LogP contribution in [-0.2, 0) is 13.5 Å². The predicted octanol–water partition coefficient (Wildman–Crippen LogP) is 3.61. The highest BCUT2D eigenvalue weighted by molar-refractivity contribution is 6.17. The Labute approximate surface area is 125 Å². The lowest BCUT2D eigenvalue weighted by Gasteiger charge is -2.30. The number of rotatable bonds is 3. The van der Waals surface area contributed by atoms with Crippen molar-refractivity contribution in [2.45, 2.75) is 52.5 Å². The van der Waals surface area contributed by atoms with E-state index >= 15 is 0 Å². The first kappa shape index (κ1) is 13.9. The third-order valence-electron chi connectivity index (χ3n) is 4.74. The van der Waals surface area contributed by atoms with Crippen LogP contribution in [0.2, 0.25) is 0 Å². The zero-order valence-corrected chi connectivity index (χ0v) is 13.5. The molecule has 4 nitrogen and oxygen atoms in total. The lowest BCUT2D eigenvalue weighted by atomic mass is 9.87. The number of hydrogen-bond donors (Lipinski definition) is 0. The van der Waals surface area contributed by atoms with Crippen molar-refractivity contribution in [3.63, 3.8) is 0 Å². The number of aromatic nitrogens is 4. The number of halogens is 1. The van der Waals surface area contributed by atoms with Crippen LogP contribution in [0.4, 0.5) is 0 Å². The van der Waals surface area contributed by atoms with E-state index in [-0.39, 0.29) is 0 Å². The molecule has 0 saturated heterocycles. The Morgan fingerprint density at radius 3 is 2.75 bits per heavy atom. The smallest absolute Gasteiger partial charge is 0.158 e. The summed E-state index contributed by atoms with van der Waals surface area (Å²) in [6.45, 7) is 6.76. The second kappa shape index (κ2) is 4.76. The van der Waals surface area contributed by atoms with Gasteiger partial charge in [-0.25, -0.2) is 4.98 Å². The zero-order chi connectivity index (χ0) is 14.5. The van der Waals surface area contributed by atoms with Crippen LogP contribution < -0.4 is 0 Å². The summed E-state index contributed by atoms with van der Waals surface area (Å²) in [6.07, 6.45) is 4.60. The summed E-state index contributed by atoms with van der Waals surface area (Å²) in [5, 5.41) is 4.53. The minimum Gasteiger partial charge on any atom is -0.309 e. The minimum atomic E-state index is 0.312. The summed E-state index contributed by atoms with van der Waals surface area (Å²) < 4.78 is 4.40. The molecule has 1 saturated carbocycles. The number of fused-ring (bicyclic) bond motifs is 1. The molecule has 5 heteroatoms. The van der Waals surface area contributed by atoms with Gasteiger partial charge in [-0.3, -0.25) is 4.68 Å². The van der Waals surface area contributed by atoms with Crippen LogP contribution in [0.15, 0.2) is 0 Å². The van der Waals surface area contributed by atoms with Crippen LogP contribution in [0.3, 0.4) is 0 Å². The fourth-order valence-corrected chi connectivity index (χ4v) is 3.89. The Bertz CT molecular complexity index is 638. The molecule has 0 N–H and O–H groups in total. The van der Waals surface area contributed by atoms with Crippen molar-refractivity contribution in [2.24, 2.45) is 12.5 Å². The lowest BCUT2D eigenvalue weighted by Crippen LogP contribution is -2.24. The minimum absolute atomic E-state index is 0.312. The van der Waals surface area contributed by atoms with Crippen LogP contribution >= 0.6 is 11.6 Å². The molecular formula is C15H23ClN4. The largest absolute Gasteiger partial charge is 0.309 e. The normalized spacial score (nSPS) is 21.9. The Morgan fingerprint density at radius 1 is 1.40 bits per heavy atom. The Morgan fingerprint density at radius 2 is 2.15 bits per heavy atom. The van der Waals surface area contributed by atoms with Crippen LogP contribution in [-0.4, -0.2) is 25.2 Å². The quantitative estimate of drug-likeness (QED) is 0.811. The summed E-state index contributed by atoms with van der Waals surface area (Å²) in [6, 6.07) is 0.500. The topological polar surface area (TPSA) is 35.6 Å². The molecule has 3 rings (SSSR count). The van der Waals surface area contributed by atoms with Gasteiger partial charge in [-0.1, -0.05) is 20.3 Å². The molecule has 0 aliphatic heterocycles. The standard InChI is InChI=1S/C15H23ClN4/c1-10-13-14(19(4)18-10)20(12(17-13)7-9-16)11-6-5-8-15(11,2)3/h11H,5-9H2,1-4H3. The van der Waals surface area contributed by atoms with Crippen molar-refractivity contribution < 1.29 is 0 Å². The van der Waals surface area contributed by atoms with E-state index in [1.165, 1.54) is 19.3 Å². The first-order chi connectivity index (χ1) is 9.45. The van der Waals surface area contributed by atoms with Crippen molar-refractivity contribution in [2.75, 3.05) is 5.88 Å². The molecule has 20 heavy (non-hydrogen) atoms. The van der Waals surface area contributed by atoms with Gasteiger partial charge in [-0.2, -0.15) is 5.10 Å². The fraction of sp³-hybridized carbons (Fsp3) is 0.733. The molecule has 2 aromatic rings. The average molecular weight is 295 g/mol. The first-order valence-corrected chi connectivity index (χ1v) is 7.95. The van der Waals surface area contributed by atoms with Crippen LogP contribution in [0.1, 0.15) is 50.7 Å². The highest BCUT2D eigenvalue weighted by Crippen LogP contribution is 2.47. The summed E-state index contributed by atoms with van der Waals surface area (Å²) in [5.41, 5.74) is 3.51. The van der Waals surface area contributed by atoms with E-state index in [1.807, 2.05) is 18.7 Å². The van der Waals surface area contributed by atoms with E-state index in [2.05, 4.69) is 23.5 Å². The van der Waals surface area contributed by atoms with Gasteiger partial charge in [0.1, 0.15) is 11.3 Å². The van der Waals surface area contributed by atoms with Crippen LogP contribution in [0.5, 0.6) is 0 Å². The van der Waals surface area contributed by atoms with E-state index in [1.54, 1.807) is 0 Å². The summed E-state index contributed by atoms with van der Waals surface area (Å²) in [5.74, 6) is 1.73. The van der Waals surface area contributed by atoms with E-state index in [4.69, 9.17) is 16.6 Å². The third kappa shape index (κ3) is 1.96. The van der Waals surface area contributed by atoms with Crippen LogP contribution in [0.25, 0.3) is 11.2 Å². The molecule has 1 atom stereocenters. The SMILES string of the molecule is Cc1nn(C)c2c1nc(CCCl)n2C1CCCC1(C)C. The maximum atomic E-state index is 5.98. The highest BCUT2D eigenvalue weighted by Gasteiger charge is 2.38. The number of alkyl halides is 1. The zero-order valence-electron chi connectivity index (χ0n) is 12.8. The first-order valence-electron chi connectivity index (χ1n) is 7.42. The van der Waals surface area contributed by atoms with Gasteiger partial charge >= 0.3 is 0 Å². The number of aryl methyl sites for hydroxylation is 3. The fourth-order valence-electron chi connectivity index (χ4n) is 3.72. The maximum absolute atomic E-state index is 5.98. The van der Waals surface area contributed by atoms with Crippen molar-refractivity contribution >= 4 is 22.8 Å². The second-order valence-corrected chi connectivity index (χ2v) is 6.99. The molecule has 0 aromatic carbocycles. The number of imidazole rings is 1. The van der Waals surface area contributed by atoms with Gasteiger partial charge in [0, 0.05) is 25.4 Å².